The largest absolute Gasteiger partial charge is 0.497 e. The van der Waals surface area contributed by atoms with E-state index in [4.69, 9.17) is 19.9 Å². The van der Waals surface area contributed by atoms with E-state index in [1.165, 1.54) is 0 Å². The van der Waals surface area contributed by atoms with Crippen LogP contribution in [0.3, 0.4) is 0 Å². The number of hydrogen-bond donors (Lipinski definition) is 1. The number of benzene rings is 1. The third kappa shape index (κ3) is 2.40. The zero-order chi connectivity index (χ0) is 10.7. The van der Waals surface area contributed by atoms with Gasteiger partial charge in [0.15, 0.2) is 0 Å². The Morgan fingerprint density at radius 3 is 2.40 bits per heavy atom. The zero-order valence-corrected chi connectivity index (χ0v) is 8.68. The smallest absolute Gasteiger partial charge is 0.139 e. The van der Waals surface area contributed by atoms with Crippen LogP contribution >= 0.6 is 0 Å². The molecule has 0 unspecified atom stereocenters. The van der Waals surface area contributed by atoms with Crippen molar-refractivity contribution in [1.82, 2.24) is 0 Å². The normalized spacial score (nSPS) is 25.2. The van der Waals surface area contributed by atoms with Crippen LogP contribution in [0.5, 0.6) is 11.5 Å². The average molecular weight is 209 g/mol. The summed E-state index contributed by atoms with van der Waals surface area (Å²) in [6.07, 6.45) is -0.0432. The first-order valence-electron chi connectivity index (χ1n) is 4.93. The van der Waals surface area contributed by atoms with Gasteiger partial charge < -0.3 is 19.9 Å². The quantitative estimate of drug-likeness (QED) is 0.800. The highest BCUT2D eigenvalue weighted by Gasteiger charge is 2.26. The molecule has 0 aliphatic carbocycles. The molecule has 4 nitrogen and oxygen atoms in total. The molecule has 15 heavy (non-hydrogen) atoms. The Morgan fingerprint density at radius 2 is 1.87 bits per heavy atom. The van der Waals surface area contributed by atoms with E-state index in [-0.39, 0.29) is 12.1 Å². The van der Waals surface area contributed by atoms with Crippen LogP contribution in [0.15, 0.2) is 24.3 Å². The number of methoxy groups -OCH3 is 1. The second kappa shape index (κ2) is 4.51. The van der Waals surface area contributed by atoms with E-state index in [0.29, 0.717) is 13.2 Å². The van der Waals surface area contributed by atoms with Crippen LogP contribution in [0, 0.1) is 0 Å². The molecule has 0 saturated carbocycles. The van der Waals surface area contributed by atoms with Gasteiger partial charge in [-0.3, -0.25) is 0 Å². The van der Waals surface area contributed by atoms with Gasteiger partial charge in [-0.05, 0) is 24.3 Å². The van der Waals surface area contributed by atoms with E-state index < -0.39 is 0 Å². The molecule has 0 spiro atoms. The first-order chi connectivity index (χ1) is 7.29. The fourth-order valence-corrected chi connectivity index (χ4v) is 1.50. The summed E-state index contributed by atoms with van der Waals surface area (Å²) in [5, 5.41) is 0. The van der Waals surface area contributed by atoms with Crippen LogP contribution in [-0.2, 0) is 4.74 Å². The maximum atomic E-state index is 5.81. The summed E-state index contributed by atoms with van der Waals surface area (Å²) in [5.74, 6) is 1.61. The van der Waals surface area contributed by atoms with E-state index in [2.05, 4.69) is 0 Å². The Bertz CT molecular complexity index is 312. The van der Waals surface area contributed by atoms with E-state index in [1.807, 2.05) is 24.3 Å². The molecule has 1 aliphatic heterocycles. The molecular weight excluding hydrogens is 194 g/mol. The second-order valence-corrected chi connectivity index (χ2v) is 3.53. The summed E-state index contributed by atoms with van der Waals surface area (Å²) >= 11 is 0. The van der Waals surface area contributed by atoms with Gasteiger partial charge in [-0.1, -0.05) is 0 Å². The molecule has 1 saturated heterocycles. The van der Waals surface area contributed by atoms with Gasteiger partial charge in [0, 0.05) is 0 Å². The van der Waals surface area contributed by atoms with Crippen molar-refractivity contribution in [2.75, 3.05) is 20.3 Å². The molecule has 1 heterocycles. The summed E-state index contributed by atoms with van der Waals surface area (Å²) in [6, 6.07) is 7.41. The molecule has 2 rings (SSSR count). The number of nitrogens with two attached hydrogens (primary N) is 1. The van der Waals surface area contributed by atoms with Crippen molar-refractivity contribution in [2.24, 2.45) is 5.73 Å². The second-order valence-electron chi connectivity index (χ2n) is 3.53. The molecule has 0 radical (unpaired) electrons. The number of rotatable bonds is 3. The monoisotopic (exact) mass is 209 g/mol. The van der Waals surface area contributed by atoms with Gasteiger partial charge in [0.05, 0.1) is 26.4 Å². The molecule has 0 aromatic heterocycles. The van der Waals surface area contributed by atoms with Crippen molar-refractivity contribution >= 4 is 0 Å². The van der Waals surface area contributed by atoms with Crippen molar-refractivity contribution in [3.05, 3.63) is 24.3 Å². The van der Waals surface area contributed by atoms with Gasteiger partial charge in [0.1, 0.15) is 17.6 Å². The van der Waals surface area contributed by atoms with Crippen LogP contribution in [0.2, 0.25) is 0 Å². The van der Waals surface area contributed by atoms with Crippen LogP contribution < -0.4 is 15.2 Å². The molecule has 1 aliphatic rings. The molecule has 0 amide bonds. The Morgan fingerprint density at radius 1 is 1.20 bits per heavy atom. The van der Waals surface area contributed by atoms with Crippen molar-refractivity contribution < 1.29 is 14.2 Å². The molecule has 0 bridgehead atoms. The van der Waals surface area contributed by atoms with E-state index in [0.717, 1.165) is 11.5 Å². The fourth-order valence-electron chi connectivity index (χ4n) is 1.50. The van der Waals surface area contributed by atoms with E-state index in [1.54, 1.807) is 7.11 Å². The van der Waals surface area contributed by atoms with Gasteiger partial charge in [0.25, 0.3) is 0 Å². The summed E-state index contributed by atoms with van der Waals surface area (Å²) in [7, 11) is 1.64. The fraction of sp³-hybridized carbons (Fsp3) is 0.455. The number of hydrogen-bond acceptors (Lipinski definition) is 4. The lowest BCUT2D eigenvalue weighted by atomic mass is 10.2. The molecule has 1 aromatic carbocycles. The summed E-state index contributed by atoms with van der Waals surface area (Å²) < 4.78 is 15.9. The van der Waals surface area contributed by atoms with Gasteiger partial charge in [0.2, 0.25) is 0 Å². The van der Waals surface area contributed by atoms with Crippen LogP contribution in [0.1, 0.15) is 0 Å². The molecule has 4 heteroatoms. The highest BCUT2D eigenvalue weighted by Crippen LogP contribution is 2.20. The van der Waals surface area contributed by atoms with Gasteiger partial charge >= 0.3 is 0 Å². The maximum absolute atomic E-state index is 5.81. The van der Waals surface area contributed by atoms with E-state index >= 15 is 0 Å². The zero-order valence-electron chi connectivity index (χ0n) is 8.68. The maximum Gasteiger partial charge on any atom is 0.139 e. The van der Waals surface area contributed by atoms with Crippen molar-refractivity contribution in [1.29, 1.82) is 0 Å². The first-order valence-corrected chi connectivity index (χ1v) is 4.93. The summed E-state index contributed by atoms with van der Waals surface area (Å²) in [6.45, 7) is 1.13. The molecular formula is C11H15NO3. The molecule has 2 atom stereocenters. The highest BCUT2D eigenvalue weighted by atomic mass is 16.5. The summed E-state index contributed by atoms with van der Waals surface area (Å²) in [5.41, 5.74) is 5.81. The standard InChI is InChI=1S/C11H15NO3/c1-13-8-2-4-9(5-3-8)15-11-7-14-6-10(11)12/h2-5,10-11H,6-7,12H2,1H3/t10-,11+/m1/s1. The predicted molar refractivity (Wildman–Crippen MR) is 56.2 cm³/mol. The third-order valence-electron chi connectivity index (χ3n) is 2.42. The van der Waals surface area contributed by atoms with Crippen LogP contribution in [-0.4, -0.2) is 32.5 Å². The molecule has 1 aromatic rings. The first kappa shape index (κ1) is 10.3. The minimum absolute atomic E-state index is 0.0351. The lowest BCUT2D eigenvalue weighted by Gasteiger charge is -2.15. The van der Waals surface area contributed by atoms with Crippen molar-refractivity contribution in [3.63, 3.8) is 0 Å². The SMILES string of the molecule is COc1ccc(O[C@H]2COC[C@H]2N)cc1. The van der Waals surface area contributed by atoms with Crippen LogP contribution in [0.4, 0.5) is 0 Å². The average Bonchev–Trinajstić information content (AvgIpc) is 2.66. The molecule has 1 fully saturated rings. The Labute approximate surface area is 88.9 Å². The molecule has 2 N–H and O–H groups in total. The van der Waals surface area contributed by atoms with Crippen molar-refractivity contribution in [3.8, 4) is 11.5 Å². The topological polar surface area (TPSA) is 53.7 Å². The van der Waals surface area contributed by atoms with Crippen LogP contribution in [0.25, 0.3) is 0 Å². The lowest BCUT2D eigenvalue weighted by molar-refractivity contribution is 0.140. The van der Waals surface area contributed by atoms with Crippen molar-refractivity contribution in [2.45, 2.75) is 12.1 Å². The molecule has 82 valence electrons. The van der Waals surface area contributed by atoms with Gasteiger partial charge in [-0.15, -0.1) is 0 Å². The number of ether oxygens (including phenoxy) is 3. The summed E-state index contributed by atoms with van der Waals surface area (Å²) in [4.78, 5) is 0. The van der Waals surface area contributed by atoms with E-state index in [9.17, 15) is 0 Å². The van der Waals surface area contributed by atoms with Gasteiger partial charge in [-0.25, -0.2) is 0 Å². The Hall–Kier alpha value is -1.26. The Kier molecular flexibility index (Phi) is 3.08. The third-order valence-corrected chi connectivity index (χ3v) is 2.42. The minimum atomic E-state index is -0.0432. The minimum Gasteiger partial charge on any atom is -0.497 e. The predicted octanol–water partition coefficient (Wildman–Crippen LogP) is 0.800. The van der Waals surface area contributed by atoms with Gasteiger partial charge in [-0.2, -0.15) is 0 Å². The highest BCUT2D eigenvalue weighted by molar-refractivity contribution is 5.31. The lowest BCUT2D eigenvalue weighted by Crippen LogP contribution is -2.37. The Balaban J connectivity index is 1.98.